The molecule has 0 saturated carbocycles. The van der Waals surface area contributed by atoms with Crippen molar-refractivity contribution in [2.75, 3.05) is 25.1 Å². The SMILES string of the molecule is CCN(CC)c1ncc(C(=O)NCc2ccc(OC)cc2)cn1. The van der Waals surface area contributed by atoms with E-state index in [1.807, 2.05) is 43.0 Å². The summed E-state index contributed by atoms with van der Waals surface area (Å²) in [7, 11) is 1.62. The lowest BCUT2D eigenvalue weighted by Gasteiger charge is -2.18. The number of benzene rings is 1. The first-order valence-electron chi connectivity index (χ1n) is 7.66. The first kappa shape index (κ1) is 16.7. The third kappa shape index (κ3) is 4.42. The zero-order valence-corrected chi connectivity index (χ0v) is 13.7. The number of carbonyl (C=O) groups is 1. The molecule has 0 aliphatic heterocycles. The molecule has 1 aromatic carbocycles. The number of carbonyl (C=O) groups excluding carboxylic acids is 1. The summed E-state index contributed by atoms with van der Waals surface area (Å²) in [5, 5.41) is 2.86. The van der Waals surface area contributed by atoms with Gasteiger partial charge in [-0.25, -0.2) is 9.97 Å². The summed E-state index contributed by atoms with van der Waals surface area (Å²) in [6.45, 7) is 6.20. The first-order chi connectivity index (χ1) is 11.2. The number of ether oxygens (including phenoxy) is 1. The van der Waals surface area contributed by atoms with E-state index in [1.165, 1.54) is 0 Å². The molecule has 1 amide bonds. The summed E-state index contributed by atoms with van der Waals surface area (Å²) in [6, 6.07) is 7.56. The predicted octanol–water partition coefficient (Wildman–Crippen LogP) is 2.26. The molecule has 2 rings (SSSR count). The molecule has 6 heteroatoms. The Morgan fingerprint density at radius 2 is 1.74 bits per heavy atom. The fourth-order valence-corrected chi connectivity index (χ4v) is 2.14. The van der Waals surface area contributed by atoms with Crippen molar-refractivity contribution in [1.29, 1.82) is 0 Å². The number of amides is 1. The maximum absolute atomic E-state index is 12.1. The molecule has 0 bridgehead atoms. The average Bonchev–Trinajstić information content (AvgIpc) is 2.61. The van der Waals surface area contributed by atoms with E-state index >= 15 is 0 Å². The Balaban J connectivity index is 1.94. The van der Waals surface area contributed by atoms with Gasteiger partial charge in [-0.05, 0) is 31.5 Å². The van der Waals surface area contributed by atoms with Crippen molar-refractivity contribution in [3.8, 4) is 5.75 Å². The smallest absolute Gasteiger partial charge is 0.254 e. The Hall–Kier alpha value is -2.63. The summed E-state index contributed by atoms with van der Waals surface area (Å²) in [4.78, 5) is 22.7. The van der Waals surface area contributed by atoms with E-state index in [-0.39, 0.29) is 5.91 Å². The molecule has 0 radical (unpaired) electrons. The highest BCUT2D eigenvalue weighted by Crippen LogP contribution is 2.11. The number of anilines is 1. The Morgan fingerprint density at radius 3 is 2.26 bits per heavy atom. The molecule has 0 atom stereocenters. The summed E-state index contributed by atoms with van der Waals surface area (Å²) in [5.41, 5.74) is 1.45. The average molecular weight is 314 g/mol. The topological polar surface area (TPSA) is 67.4 Å². The summed E-state index contributed by atoms with van der Waals surface area (Å²) < 4.78 is 5.11. The van der Waals surface area contributed by atoms with E-state index in [2.05, 4.69) is 15.3 Å². The number of nitrogens with zero attached hydrogens (tertiary/aromatic N) is 3. The number of aromatic nitrogens is 2. The van der Waals surface area contributed by atoms with Crippen molar-refractivity contribution in [3.05, 3.63) is 47.8 Å². The molecule has 23 heavy (non-hydrogen) atoms. The molecule has 0 fully saturated rings. The van der Waals surface area contributed by atoms with Crippen LogP contribution in [-0.2, 0) is 6.54 Å². The van der Waals surface area contributed by atoms with Gasteiger partial charge in [0.1, 0.15) is 5.75 Å². The van der Waals surface area contributed by atoms with Crippen molar-refractivity contribution < 1.29 is 9.53 Å². The predicted molar refractivity (Wildman–Crippen MR) is 89.8 cm³/mol. The van der Waals surface area contributed by atoms with Crippen LogP contribution >= 0.6 is 0 Å². The van der Waals surface area contributed by atoms with E-state index in [4.69, 9.17) is 4.74 Å². The minimum Gasteiger partial charge on any atom is -0.497 e. The van der Waals surface area contributed by atoms with Crippen LogP contribution in [0.3, 0.4) is 0 Å². The quantitative estimate of drug-likeness (QED) is 0.849. The molecule has 1 aromatic heterocycles. The lowest BCUT2D eigenvalue weighted by atomic mass is 10.2. The second-order valence-corrected chi connectivity index (χ2v) is 4.97. The van der Waals surface area contributed by atoms with E-state index < -0.39 is 0 Å². The monoisotopic (exact) mass is 314 g/mol. The molecule has 122 valence electrons. The molecule has 0 aliphatic carbocycles. The Bertz CT molecular complexity index is 622. The van der Waals surface area contributed by atoms with Gasteiger partial charge in [0.2, 0.25) is 5.95 Å². The van der Waals surface area contributed by atoms with Gasteiger partial charge < -0.3 is 15.0 Å². The Morgan fingerprint density at radius 1 is 1.13 bits per heavy atom. The fourth-order valence-electron chi connectivity index (χ4n) is 2.14. The zero-order valence-electron chi connectivity index (χ0n) is 13.7. The van der Waals surface area contributed by atoms with Gasteiger partial charge in [-0.2, -0.15) is 0 Å². The maximum Gasteiger partial charge on any atom is 0.254 e. The normalized spacial score (nSPS) is 10.2. The van der Waals surface area contributed by atoms with Crippen LogP contribution in [0, 0.1) is 0 Å². The summed E-state index contributed by atoms with van der Waals surface area (Å²) in [5.74, 6) is 1.24. The molecule has 0 aliphatic rings. The zero-order chi connectivity index (χ0) is 16.7. The van der Waals surface area contributed by atoms with Crippen molar-refractivity contribution >= 4 is 11.9 Å². The van der Waals surface area contributed by atoms with E-state index in [0.29, 0.717) is 18.1 Å². The van der Waals surface area contributed by atoms with Crippen LogP contribution in [0.2, 0.25) is 0 Å². The molecular formula is C17H22N4O2. The van der Waals surface area contributed by atoms with Crippen LogP contribution in [0.1, 0.15) is 29.8 Å². The van der Waals surface area contributed by atoms with Crippen molar-refractivity contribution in [2.45, 2.75) is 20.4 Å². The third-order valence-electron chi connectivity index (χ3n) is 3.56. The largest absolute Gasteiger partial charge is 0.497 e. The Labute approximate surface area is 136 Å². The highest BCUT2D eigenvalue weighted by atomic mass is 16.5. The highest BCUT2D eigenvalue weighted by molar-refractivity contribution is 5.93. The number of nitrogens with one attached hydrogen (secondary N) is 1. The molecule has 6 nitrogen and oxygen atoms in total. The van der Waals surface area contributed by atoms with Crippen molar-refractivity contribution in [2.24, 2.45) is 0 Å². The lowest BCUT2D eigenvalue weighted by molar-refractivity contribution is 0.0950. The highest BCUT2D eigenvalue weighted by Gasteiger charge is 2.09. The molecular weight excluding hydrogens is 292 g/mol. The Kier molecular flexibility index (Phi) is 5.91. The second-order valence-electron chi connectivity index (χ2n) is 4.97. The minimum atomic E-state index is -0.188. The molecule has 1 N–H and O–H groups in total. The number of hydrogen-bond acceptors (Lipinski definition) is 5. The van der Waals surface area contributed by atoms with Crippen molar-refractivity contribution in [3.63, 3.8) is 0 Å². The third-order valence-corrected chi connectivity index (χ3v) is 3.56. The maximum atomic E-state index is 12.1. The van der Waals surface area contributed by atoms with E-state index in [1.54, 1.807) is 19.5 Å². The van der Waals surface area contributed by atoms with Crippen LogP contribution < -0.4 is 15.0 Å². The van der Waals surface area contributed by atoms with Gasteiger partial charge in [-0.15, -0.1) is 0 Å². The minimum absolute atomic E-state index is 0.188. The second kappa shape index (κ2) is 8.12. The summed E-state index contributed by atoms with van der Waals surface area (Å²) in [6.07, 6.45) is 3.12. The van der Waals surface area contributed by atoms with Crippen LogP contribution in [0.4, 0.5) is 5.95 Å². The van der Waals surface area contributed by atoms with E-state index in [0.717, 1.165) is 24.4 Å². The summed E-state index contributed by atoms with van der Waals surface area (Å²) >= 11 is 0. The standard InChI is InChI=1S/C17H22N4O2/c1-4-21(5-2)17-19-11-14(12-20-17)16(22)18-10-13-6-8-15(23-3)9-7-13/h6-9,11-12H,4-5,10H2,1-3H3,(H,18,22). The number of rotatable bonds is 7. The molecule has 1 heterocycles. The molecule has 0 saturated heterocycles. The van der Waals surface area contributed by atoms with Gasteiger partial charge >= 0.3 is 0 Å². The van der Waals surface area contributed by atoms with Gasteiger partial charge in [0, 0.05) is 32.0 Å². The fraction of sp³-hybridized carbons (Fsp3) is 0.353. The van der Waals surface area contributed by atoms with Crippen LogP contribution in [0.15, 0.2) is 36.7 Å². The van der Waals surface area contributed by atoms with Gasteiger partial charge in [0.15, 0.2) is 0 Å². The van der Waals surface area contributed by atoms with Gasteiger partial charge in [-0.3, -0.25) is 4.79 Å². The van der Waals surface area contributed by atoms with Gasteiger partial charge in [0.25, 0.3) is 5.91 Å². The van der Waals surface area contributed by atoms with Crippen LogP contribution in [-0.4, -0.2) is 36.1 Å². The van der Waals surface area contributed by atoms with E-state index in [9.17, 15) is 4.79 Å². The molecule has 0 unspecified atom stereocenters. The number of methoxy groups -OCH3 is 1. The van der Waals surface area contributed by atoms with Crippen molar-refractivity contribution in [1.82, 2.24) is 15.3 Å². The van der Waals surface area contributed by atoms with Crippen LogP contribution in [0.5, 0.6) is 5.75 Å². The first-order valence-corrected chi connectivity index (χ1v) is 7.66. The molecule has 2 aromatic rings. The van der Waals surface area contributed by atoms with Crippen LogP contribution in [0.25, 0.3) is 0 Å². The lowest BCUT2D eigenvalue weighted by Crippen LogP contribution is -2.26. The number of hydrogen-bond donors (Lipinski definition) is 1. The van der Waals surface area contributed by atoms with Gasteiger partial charge in [0.05, 0.1) is 12.7 Å². The molecule has 0 spiro atoms. The van der Waals surface area contributed by atoms with Gasteiger partial charge in [-0.1, -0.05) is 12.1 Å².